The molecule has 0 aliphatic heterocycles. The third-order valence-electron chi connectivity index (χ3n) is 5.84. The van der Waals surface area contributed by atoms with E-state index in [2.05, 4.69) is 0 Å². The van der Waals surface area contributed by atoms with E-state index in [4.69, 9.17) is 9.15 Å². The van der Waals surface area contributed by atoms with Gasteiger partial charge in [-0.15, -0.1) is 0 Å². The number of furan rings is 1. The molecule has 0 saturated carbocycles. The molecule has 0 saturated heterocycles. The summed E-state index contributed by atoms with van der Waals surface area (Å²) in [6.07, 6.45) is 0. The van der Waals surface area contributed by atoms with Crippen molar-refractivity contribution in [2.45, 2.75) is 45.7 Å². The van der Waals surface area contributed by atoms with Crippen LogP contribution < -0.4 is 0 Å². The number of halogens is 1. The van der Waals surface area contributed by atoms with Crippen molar-refractivity contribution >= 4 is 15.9 Å². The normalized spacial score (nSPS) is 11.8. The zero-order valence-electron chi connectivity index (χ0n) is 21.4. The first-order chi connectivity index (χ1) is 17.0. The maximum atomic E-state index is 13.7. The first kappa shape index (κ1) is 27.6. The van der Waals surface area contributed by atoms with Gasteiger partial charge in [0.2, 0.25) is 15.9 Å². The summed E-state index contributed by atoms with van der Waals surface area (Å²) in [6, 6.07) is 13.1. The van der Waals surface area contributed by atoms with Crippen LogP contribution in [0.2, 0.25) is 0 Å². The monoisotopic (exact) mass is 516 g/mol. The highest BCUT2D eigenvalue weighted by atomic mass is 32.2. The lowest BCUT2D eigenvalue weighted by molar-refractivity contribution is -0.133. The third kappa shape index (κ3) is 6.81. The molecule has 0 spiro atoms. The van der Waals surface area contributed by atoms with E-state index in [1.165, 1.54) is 24.1 Å². The van der Waals surface area contributed by atoms with Gasteiger partial charge < -0.3 is 14.1 Å². The molecule has 1 aromatic heterocycles. The minimum absolute atomic E-state index is 0.0155. The quantitative estimate of drug-likeness (QED) is 0.374. The molecule has 0 aliphatic rings. The Morgan fingerprint density at radius 3 is 2.17 bits per heavy atom. The van der Waals surface area contributed by atoms with Crippen LogP contribution >= 0.6 is 0 Å². The average molecular weight is 517 g/mol. The van der Waals surface area contributed by atoms with Gasteiger partial charge in [-0.25, -0.2) is 12.8 Å². The van der Waals surface area contributed by atoms with Gasteiger partial charge >= 0.3 is 0 Å². The zero-order valence-corrected chi connectivity index (χ0v) is 22.2. The molecule has 1 amide bonds. The van der Waals surface area contributed by atoms with Crippen molar-refractivity contribution < 1.29 is 26.8 Å². The summed E-state index contributed by atoms with van der Waals surface area (Å²) >= 11 is 0. The number of hydrogen-bond donors (Lipinski definition) is 0. The van der Waals surface area contributed by atoms with Crippen LogP contribution in [0.3, 0.4) is 0 Å². The number of ether oxygens (including phenoxy) is 1. The average Bonchev–Trinajstić information content (AvgIpc) is 3.21. The Morgan fingerprint density at radius 2 is 1.61 bits per heavy atom. The first-order valence-corrected chi connectivity index (χ1v) is 13.1. The van der Waals surface area contributed by atoms with Gasteiger partial charge in [0.1, 0.15) is 17.3 Å². The number of rotatable bonds is 11. The van der Waals surface area contributed by atoms with Crippen LogP contribution in [0.25, 0.3) is 0 Å². The van der Waals surface area contributed by atoms with E-state index in [1.54, 1.807) is 45.0 Å². The second kappa shape index (κ2) is 11.8. The van der Waals surface area contributed by atoms with Gasteiger partial charge in [0.25, 0.3) is 0 Å². The highest BCUT2D eigenvalue weighted by Crippen LogP contribution is 2.26. The van der Waals surface area contributed by atoms with Gasteiger partial charge in [-0.3, -0.25) is 4.79 Å². The number of carbonyl (C=O) groups is 1. The predicted molar refractivity (Wildman–Crippen MR) is 135 cm³/mol. The summed E-state index contributed by atoms with van der Waals surface area (Å²) in [6.45, 7) is 7.30. The topological polar surface area (TPSA) is 80.1 Å². The van der Waals surface area contributed by atoms with E-state index in [0.717, 1.165) is 9.87 Å². The summed E-state index contributed by atoms with van der Waals surface area (Å²) < 4.78 is 52.9. The Morgan fingerprint density at radius 1 is 0.972 bits per heavy atom. The van der Waals surface area contributed by atoms with Crippen LogP contribution in [0.5, 0.6) is 0 Å². The first-order valence-electron chi connectivity index (χ1n) is 11.7. The lowest BCUT2D eigenvalue weighted by Crippen LogP contribution is -2.44. The number of aryl methyl sites for hydroxylation is 4. The summed E-state index contributed by atoms with van der Waals surface area (Å²) in [5, 5.41) is 0. The number of nitrogens with zero attached hydrogens (tertiary/aromatic N) is 2. The van der Waals surface area contributed by atoms with E-state index >= 15 is 0 Å². The Labute approximate surface area is 212 Å². The van der Waals surface area contributed by atoms with Gasteiger partial charge in [-0.05, 0) is 68.7 Å². The molecule has 0 radical (unpaired) electrons. The molecular formula is C27H33FN2O5S. The standard InChI is InChI=1S/C27H33FN2O5S/c1-19-14-20(2)27(21(3)15-19)36(32,33)30(12-13-34-5)18-26(31)29(17-25-11-6-22(4)35-25)16-23-7-9-24(28)10-8-23/h6-11,14-15H,12-13,16-18H2,1-5H3. The number of methoxy groups -OCH3 is 1. The minimum atomic E-state index is -3.99. The van der Waals surface area contributed by atoms with Crippen LogP contribution in [0.1, 0.15) is 33.8 Å². The smallest absolute Gasteiger partial charge is 0.244 e. The molecule has 7 nitrogen and oxygen atoms in total. The Balaban J connectivity index is 1.93. The summed E-state index contributed by atoms with van der Waals surface area (Å²) in [4.78, 5) is 15.3. The molecule has 0 unspecified atom stereocenters. The molecule has 2 aromatic carbocycles. The predicted octanol–water partition coefficient (Wildman–Crippen LogP) is 4.52. The molecule has 3 rings (SSSR count). The molecule has 1 heterocycles. The maximum Gasteiger partial charge on any atom is 0.244 e. The number of hydrogen-bond acceptors (Lipinski definition) is 5. The molecule has 36 heavy (non-hydrogen) atoms. The molecular weight excluding hydrogens is 483 g/mol. The SMILES string of the molecule is COCCN(CC(=O)N(Cc1ccc(F)cc1)Cc1ccc(C)o1)S(=O)(=O)c1c(C)cc(C)cc1C. The number of benzene rings is 2. The fourth-order valence-electron chi connectivity index (χ4n) is 4.23. The summed E-state index contributed by atoms with van der Waals surface area (Å²) in [5.41, 5.74) is 2.92. The van der Waals surface area contributed by atoms with Gasteiger partial charge in [-0.1, -0.05) is 29.8 Å². The van der Waals surface area contributed by atoms with Gasteiger partial charge in [-0.2, -0.15) is 4.31 Å². The Kier molecular flexibility index (Phi) is 9.05. The largest absolute Gasteiger partial charge is 0.464 e. The second-order valence-electron chi connectivity index (χ2n) is 8.95. The van der Waals surface area contributed by atoms with E-state index in [-0.39, 0.29) is 43.5 Å². The summed E-state index contributed by atoms with van der Waals surface area (Å²) in [7, 11) is -2.51. The van der Waals surface area contributed by atoms with E-state index in [9.17, 15) is 17.6 Å². The van der Waals surface area contributed by atoms with Gasteiger partial charge in [0.05, 0.1) is 24.6 Å². The van der Waals surface area contributed by atoms with Crippen LogP contribution in [0, 0.1) is 33.5 Å². The number of amides is 1. The van der Waals surface area contributed by atoms with Gasteiger partial charge in [0.15, 0.2) is 0 Å². The van der Waals surface area contributed by atoms with Crippen molar-refractivity contribution in [2.24, 2.45) is 0 Å². The molecule has 0 aliphatic carbocycles. The lowest BCUT2D eigenvalue weighted by Gasteiger charge is -2.28. The highest BCUT2D eigenvalue weighted by molar-refractivity contribution is 7.89. The summed E-state index contributed by atoms with van der Waals surface area (Å²) in [5.74, 6) is 0.489. The van der Waals surface area contributed by atoms with Crippen molar-refractivity contribution in [3.8, 4) is 0 Å². The molecule has 0 N–H and O–H groups in total. The molecule has 3 aromatic rings. The van der Waals surface area contributed by atoms with E-state index < -0.39 is 15.9 Å². The van der Waals surface area contributed by atoms with E-state index in [1.807, 2.05) is 19.1 Å². The number of sulfonamides is 1. The number of carbonyl (C=O) groups excluding carboxylic acids is 1. The van der Waals surface area contributed by atoms with Crippen LogP contribution in [-0.2, 0) is 32.6 Å². The van der Waals surface area contributed by atoms with E-state index in [0.29, 0.717) is 28.2 Å². The Bertz CT molecular complexity index is 1280. The zero-order chi connectivity index (χ0) is 26.5. The third-order valence-corrected chi connectivity index (χ3v) is 7.99. The van der Waals surface area contributed by atoms with Crippen molar-refractivity contribution in [3.63, 3.8) is 0 Å². The van der Waals surface area contributed by atoms with Gasteiger partial charge in [0, 0.05) is 20.2 Å². The van der Waals surface area contributed by atoms with Crippen LogP contribution in [-0.4, -0.2) is 50.3 Å². The molecule has 0 atom stereocenters. The van der Waals surface area contributed by atoms with Crippen molar-refractivity contribution in [2.75, 3.05) is 26.8 Å². The lowest BCUT2D eigenvalue weighted by atomic mass is 10.1. The molecule has 194 valence electrons. The molecule has 9 heteroatoms. The Hall–Kier alpha value is -3.01. The fourth-order valence-corrected chi connectivity index (χ4v) is 6.02. The maximum absolute atomic E-state index is 13.7. The highest BCUT2D eigenvalue weighted by Gasteiger charge is 2.31. The molecule has 0 fully saturated rings. The molecule has 0 bridgehead atoms. The van der Waals surface area contributed by atoms with Crippen LogP contribution in [0.15, 0.2) is 57.8 Å². The van der Waals surface area contributed by atoms with Crippen LogP contribution in [0.4, 0.5) is 4.39 Å². The van der Waals surface area contributed by atoms with Crippen molar-refractivity contribution in [1.82, 2.24) is 9.21 Å². The van der Waals surface area contributed by atoms with Crippen molar-refractivity contribution in [3.05, 3.63) is 88.1 Å². The minimum Gasteiger partial charge on any atom is -0.464 e. The second-order valence-corrected chi connectivity index (χ2v) is 10.8. The van der Waals surface area contributed by atoms with Crippen molar-refractivity contribution in [1.29, 1.82) is 0 Å². The fraction of sp³-hybridized carbons (Fsp3) is 0.370.